The van der Waals surface area contributed by atoms with Crippen molar-refractivity contribution < 1.29 is 0 Å². The standard InChI is InChI=1S/C16H31N/c1-12(2)13-8-10-15(11-9-13)16(17)14-6-4-3-5-7-14/h12-16H,3-11,17H2,1-2H3. The van der Waals surface area contributed by atoms with E-state index in [9.17, 15) is 0 Å². The highest BCUT2D eigenvalue weighted by Crippen LogP contribution is 2.38. The predicted molar refractivity (Wildman–Crippen MR) is 74.8 cm³/mol. The van der Waals surface area contributed by atoms with Gasteiger partial charge in [-0.2, -0.15) is 0 Å². The van der Waals surface area contributed by atoms with Crippen LogP contribution in [0.1, 0.15) is 71.6 Å². The molecule has 1 atom stereocenters. The van der Waals surface area contributed by atoms with Crippen molar-refractivity contribution >= 4 is 0 Å². The maximum atomic E-state index is 6.54. The van der Waals surface area contributed by atoms with Gasteiger partial charge in [0.05, 0.1) is 0 Å². The molecule has 100 valence electrons. The van der Waals surface area contributed by atoms with Crippen molar-refractivity contribution in [2.24, 2.45) is 29.4 Å². The van der Waals surface area contributed by atoms with Crippen LogP contribution in [0.2, 0.25) is 0 Å². The highest BCUT2D eigenvalue weighted by atomic mass is 14.7. The Balaban J connectivity index is 1.79. The first kappa shape index (κ1) is 13.4. The molecule has 17 heavy (non-hydrogen) atoms. The van der Waals surface area contributed by atoms with Gasteiger partial charge in [0.2, 0.25) is 0 Å². The van der Waals surface area contributed by atoms with Crippen LogP contribution in [0.5, 0.6) is 0 Å². The summed E-state index contributed by atoms with van der Waals surface area (Å²) in [5.41, 5.74) is 6.54. The zero-order valence-corrected chi connectivity index (χ0v) is 11.8. The van der Waals surface area contributed by atoms with Crippen molar-refractivity contribution in [3.8, 4) is 0 Å². The van der Waals surface area contributed by atoms with E-state index in [1.54, 1.807) is 0 Å². The maximum absolute atomic E-state index is 6.54. The molecule has 0 saturated heterocycles. The molecule has 0 radical (unpaired) electrons. The number of hydrogen-bond acceptors (Lipinski definition) is 1. The molecule has 1 unspecified atom stereocenters. The molecule has 1 heteroatoms. The van der Waals surface area contributed by atoms with E-state index in [-0.39, 0.29) is 0 Å². The van der Waals surface area contributed by atoms with Crippen LogP contribution in [0, 0.1) is 23.7 Å². The molecule has 0 bridgehead atoms. The van der Waals surface area contributed by atoms with Gasteiger partial charge in [-0.1, -0.05) is 33.1 Å². The largest absolute Gasteiger partial charge is 0.327 e. The second-order valence-electron chi connectivity index (χ2n) is 6.89. The highest BCUT2D eigenvalue weighted by molar-refractivity contribution is 4.86. The van der Waals surface area contributed by atoms with Crippen LogP contribution in [-0.4, -0.2) is 6.04 Å². The highest BCUT2D eigenvalue weighted by Gasteiger charge is 2.31. The SMILES string of the molecule is CC(C)C1CCC(C(N)C2CCCCC2)CC1. The summed E-state index contributed by atoms with van der Waals surface area (Å²) in [4.78, 5) is 0. The molecule has 0 aromatic heterocycles. The lowest BCUT2D eigenvalue weighted by Crippen LogP contribution is -2.40. The van der Waals surface area contributed by atoms with E-state index in [0.717, 1.165) is 23.7 Å². The minimum atomic E-state index is 0.517. The molecule has 0 amide bonds. The summed E-state index contributed by atoms with van der Waals surface area (Å²) in [6, 6.07) is 0.517. The Morgan fingerprint density at radius 1 is 0.706 bits per heavy atom. The van der Waals surface area contributed by atoms with E-state index in [2.05, 4.69) is 13.8 Å². The number of rotatable bonds is 3. The quantitative estimate of drug-likeness (QED) is 0.775. The summed E-state index contributed by atoms with van der Waals surface area (Å²) in [7, 11) is 0. The second-order valence-corrected chi connectivity index (χ2v) is 6.89. The molecule has 0 spiro atoms. The normalized spacial score (nSPS) is 33.9. The molecule has 0 aromatic carbocycles. The van der Waals surface area contributed by atoms with E-state index in [1.165, 1.54) is 57.8 Å². The fraction of sp³-hybridized carbons (Fsp3) is 1.00. The van der Waals surface area contributed by atoms with E-state index in [4.69, 9.17) is 5.73 Å². The minimum Gasteiger partial charge on any atom is -0.327 e. The molecule has 2 N–H and O–H groups in total. The first-order chi connectivity index (χ1) is 8.18. The van der Waals surface area contributed by atoms with Crippen LogP contribution in [0.3, 0.4) is 0 Å². The minimum absolute atomic E-state index is 0.517. The van der Waals surface area contributed by atoms with E-state index in [1.807, 2.05) is 0 Å². The molecule has 2 aliphatic rings. The monoisotopic (exact) mass is 237 g/mol. The molecule has 2 saturated carbocycles. The van der Waals surface area contributed by atoms with E-state index >= 15 is 0 Å². The Labute approximate surface area is 108 Å². The lowest BCUT2D eigenvalue weighted by molar-refractivity contribution is 0.160. The van der Waals surface area contributed by atoms with Gasteiger partial charge < -0.3 is 5.73 Å². The molecule has 2 fully saturated rings. The third kappa shape index (κ3) is 3.47. The fourth-order valence-electron chi connectivity index (χ4n) is 4.10. The lowest BCUT2D eigenvalue weighted by Gasteiger charge is -2.38. The van der Waals surface area contributed by atoms with E-state index < -0.39 is 0 Å². The summed E-state index contributed by atoms with van der Waals surface area (Å²) >= 11 is 0. The zero-order valence-electron chi connectivity index (χ0n) is 11.8. The second kappa shape index (κ2) is 6.22. The van der Waals surface area contributed by atoms with Crippen LogP contribution in [0.15, 0.2) is 0 Å². The van der Waals surface area contributed by atoms with Gasteiger partial charge in [0.15, 0.2) is 0 Å². The number of hydrogen-bond donors (Lipinski definition) is 1. The molecule has 2 aliphatic carbocycles. The Bertz CT molecular complexity index is 210. The molecule has 2 rings (SSSR count). The van der Waals surface area contributed by atoms with Crippen molar-refractivity contribution in [1.82, 2.24) is 0 Å². The maximum Gasteiger partial charge on any atom is 0.00956 e. The molecule has 0 aromatic rings. The summed E-state index contributed by atoms with van der Waals surface area (Å²) in [6.07, 6.45) is 12.8. The Kier molecular flexibility index (Phi) is 4.90. The Morgan fingerprint density at radius 3 is 1.71 bits per heavy atom. The smallest absolute Gasteiger partial charge is 0.00956 e. The first-order valence-corrected chi connectivity index (χ1v) is 7.94. The average Bonchev–Trinajstić information content (AvgIpc) is 2.39. The summed E-state index contributed by atoms with van der Waals surface area (Å²) in [5, 5.41) is 0. The van der Waals surface area contributed by atoms with Crippen molar-refractivity contribution in [2.45, 2.75) is 77.7 Å². The molecule has 0 aliphatic heterocycles. The Hall–Kier alpha value is -0.0400. The van der Waals surface area contributed by atoms with Crippen molar-refractivity contribution in [1.29, 1.82) is 0 Å². The third-order valence-electron chi connectivity index (χ3n) is 5.50. The first-order valence-electron chi connectivity index (χ1n) is 7.94. The van der Waals surface area contributed by atoms with Crippen molar-refractivity contribution in [3.63, 3.8) is 0 Å². The van der Waals surface area contributed by atoms with Crippen LogP contribution < -0.4 is 5.73 Å². The van der Waals surface area contributed by atoms with Gasteiger partial charge in [0.25, 0.3) is 0 Å². The van der Waals surface area contributed by atoms with Gasteiger partial charge in [0, 0.05) is 6.04 Å². The predicted octanol–water partition coefficient (Wildman–Crippen LogP) is 4.36. The van der Waals surface area contributed by atoms with E-state index in [0.29, 0.717) is 6.04 Å². The van der Waals surface area contributed by atoms with Gasteiger partial charge in [-0.25, -0.2) is 0 Å². The summed E-state index contributed by atoms with van der Waals surface area (Å²) in [6.45, 7) is 4.76. The Morgan fingerprint density at radius 2 is 1.18 bits per heavy atom. The van der Waals surface area contributed by atoms with Crippen LogP contribution >= 0.6 is 0 Å². The molecule has 0 heterocycles. The lowest BCUT2D eigenvalue weighted by atomic mass is 9.70. The molecule has 1 nitrogen and oxygen atoms in total. The van der Waals surface area contributed by atoms with Crippen LogP contribution in [0.4, 0.5) is 0 Å². The van der Waals surface area contributed by atoms with Gasteiger partial charge in [0.1, 0.15) is 0 Å². The zero-order chi connectivity index (χ0) is 12.3. The summed E-state index contributed by atoms with van der Waals surface area (Å²) < 4.78 is 0. The van der Waals surface area contributed by atoms with Gasteiger partial charge >= 0.3 is 0 Å². The van der Waals surface area contributed by atoms with Crippen LogP contribution in [-0.2, 0) is 0 Å². The third-order valence-corrected chi connectivity index (χ3v) is 5.50. The molecular weight excluding hydrogens is 206 g/mol. The summed E-state index contributed by atoms with van der Waals surface area (Å²) in [5.74, 6) is 3.55. The molecular formula is C16H31N. The number of nitrogens with two attached hydrogens (primary N) is 1. The fourth-order valence-corrected chi connectivity index (χ4v) is 4.10. The van der Waals surface area contributed by atoms with Crippen molar-refractivity contribution in [2.75, 3.05) is 0 Å². The topological polar surface area (TPSA) is 26.0 Å². The van der Waals surface area contributed by atoms with Crippen molar-refractivity contribution in [3.05, 3.63) is 0 Å². The van der Waals surface area contributed by atoms with Gasteiger partial charge in [-0.3, -0.25) is 0 Å². The average molecular weight is 237 g/mol. The van der Waals surface area contributed by atoms with Gasteiger partial charge in [-0.05, 0) is 62.2 Å². The van der Waals surface area contributed by atoms with Crippen LogP contribution in [0.25, 0.3) is 0 Å². The van der Waals surface area contributed by atoms with Gasteiger partial charge in [-0.15, -0.1) is 0 Å².